The van der Waals surface area contributed by atoms with E-state index in [2.05, 4.69) is 10.4 Å². The molecule has 140 valence electrons. The molecule has 0 spiro atoms. The van der Waals surface area contributed by atoms with Gasteiger partial charge in [-0.2, -0.15) is 5.10 Å². The molecule has 3 aromatic heterocycles. The highest BCUT2D eigenvalue weighted by molar-refractivity contribution is 6.43. The number of carbonyl (C=O) groups excluding carboxylic acids is 2. The number of carbonyl (C=O) groups is 2. The van der Waals surface area contributed by atoms with Gasteiger partial charge in [-0.25, -0.2) is 0 Å². The minimum absolute atomic E-state index is 0.369. The summed E-state index contributed by atoms with van der Waals surface area (Å²) in [6.45, 7) is 0.369. The van der Waals surface area contributed by atoms with E-state index < -0.39 is 11.7 Å². The number of pyridine rings is 1. The highest BCUT2D eigenvalue weighted by Gasteiger charge is 2.24. The molecule has 4 rings (SSSR count). The third-order valence-corrected chi connectivity index (χ3v) is 4.77. The third kappa shape index (κ3) is 3.32. The Hall–Kier alpha value is -3.67. The molecule has 3 heterocycles. The molecule has 0 unspecified atom stereocenters. The molecule has 0 radical (unpaired) electrons. The molecule has 0 aliphatic rings. The summed E-state index contributed by atoms with van der Waals surface area (Å²) in [5, 5.41) is 6.84. The normalized spacial score (nSPS) is 10.9. The first-order chi connectivity index (χ1) is 13.6. The average Bonchev–Trinajstić information content (AvgIpc) is 3.31. The van der Waals surface area contributed by atoms with E-state index in [1.54, 1.807) is 21.5 Å². The number of hydrogen-bond donors (Lipinski definition) is 1. The van der Waals surface area contributed by atoms with Crippen LogP contribution in [0.4, 0.5) is 0 Å². The van der Waals surface area contributed by atoms with Gasteiger partial charge in [0.05, 0.1) is 0 Å². The zero-order chi connectivity index (χ0) is 19.5. The van der Waals surface area contributed by atoms with E-state index in [0.29, 0.717) is 18.7 Å². The summed E-state index contributed by atoms with van der Waals surface area (Å²) < 4.78 is 3.52. The number of aryl methyl sites for hydroxylation is 1. The van der Waals surface area contributed by atoms with Crippen molar-refractivity contribution in [3.63, 3.8) is 0 Å². The van der Waals surface area contributed by atoms with Crippen LogP contribution in [0.15, 0.2) is 73.1 Å². The summed E-state index contributed by atoms with van der Waals surface area (Å²) in [6, 6.07) is 19.1. The smallest absolute Gasteiger partial charge is 0.294 e. The molecular weight excluding hydrogens is 352 g/mol. The number of rotatable bonds is 6. The van der Waals surface area contributed by atoms with Gasteiger partial charge in [0, 0.05) is 49.2 Å². The standard InChI is InChI=1S/C22H20N4O2/c1-25-17(11-13-24-25)10-12-23-22(28)21(27)20-19(16-7-3-2-4-8-16)15-18-9-5-6-14-26(18)20/h2-9,11,13-15H,10,12H2,1H3,(H,23,28). The van der Waals surface area contributed by atoms with E-state index in [4.69, 9.17) is 0 Å². The van der Waals surface area contributed by atoms with Crippen LogP contribution in [0.1, 0.15) is 16.2 Å². The van der Waals surface area contributed by atoms with E-state index in [9.17, 15) is 9.59 Å². The molecule has 1 N–H and O–H groups in total. The fourth-order valence-electron chi connectivity index (χ4n) is 3.33. The van der Waals surface area contributed by atoms with Gasteiger partial charge in [0.15, 0.2) is 0 Å². The molecule has 0 bridgehead atoms. The van der Waals surface area contributed by atoms with Crippen molar-refractivity contribution in [3.05, 3.63) is 84.4 Å². The van der Waals surface area contributed by atoms with Gasteiger partial charge in [-0.1, -0.05) is 36.4 Å². The molecule has 0 fully saturated rings. The van der Waals surface area contributed by atoms with Crippen molar-refractivity contribution in [3.8, 4) is 11.1 Å². The number of aromatic nitrogens is 3. The van der Waals surface area contributed by atoms with Crippen molar-refractivity contribution in [2.24, 2.45) is 7.05 Å². The number of amides is 1. The van der Waals surface area contributed by atoms with E-state index in [0.717, 1.165) is 22.3 Å². The lowest BCUT2D eigenvalue weighted by Crippen LogP contribution is -2.33. The van der Waals surface area contributed by atoms with Gasteiger partial charge in [-0.15, -0.1) is 0 Å². The number of fused-ring (bicyclic) bond motifs is 1. The predicted octanol–water partition coefficient (Wildman–Crippen LogP) is 2.88. The van der Waals surface area contributed by atoms with E-state index in [1.807, 2.05) is 67.7 Å². The van der Waals surface area contributed by atoms with Gasteiger partial charge in [0.2, 0.25) is 0 Å². The first kappa shape index (κ1) is 17.7. The molecule has 1 amide bonds. The van der Waals surface area contributed by atoms with Gasteiger partial charge in [-0.3, -0.25) is 14.3 Å². The quantitative estimate of drug-likeness (QED) is 0.418. The van der Waals surface area contributed by atoms with Gasteiger partial charge < -0.3 is 9.72 Å². The zero-order valence-electron chi connectivity index (χ0n) is 15.5. The lowest BCUT2D eigenvalue weighted by atomic mass is 10.0. The van der Waals surface area contributed by atoms with E-state index >= 15 is 0 Å². The van der Waals surface area contributed by atoms with Crippen molar-refractivity contribution in [1.82, 2.24) is 19.5 Å². The van der Waals surface area contributed by atoms with Crippen LogP contribution >= 0.6 is 0 Å². The van der Waals surface area contributed by atoms with Crippen LogP contribution in [-0.2, 0) is 18.3 Å². The highest BCUT2D eigenvalue weighted by Crippen LogP contribution is 2.28. The summed E-state index contributed by atoms with van der Waals surface area (Å²) in [5.74, 6) is -1.15. The molecule has 0 aliphatic carbocycles. The Labute approximate surface area is 162 Å². The fourth-order valence-corrected chi connectivity index (χ4v) is 3.33. The summed E-state index contributed by atoms with van der Waals surface area (Å²) in [4.78, 5) is 25.6. The second-order valence-corrected chi connectivity index (χ2v) is 6.55. The second kappa shape index (κ2) is 7.52. The van der Waals surface area contributed by atoms with Crippen LogP contribution in [0.25, 0.3) is 16.6 Å². The Morgan fingerprint density at radius 2 is 1.82 bits per heavy atom. The molecule has 0 saturated heterocycles. The summed E-state index contributed by atoms with van der Waals surface area (Å²) >= 11 is 0. The summed E-state index contributed by atoms with van der Waals surface area (Å²) in [5.41, 5.74) is 3.88. The fraction of sp³-hybridized carbons (Fsp3) is 0.136. The Morgan fingerprint density at radius 3 is 2.57 bits per heavy atom. The van der Waals surface area contributed by atoms with Crippen molar-refractivity contribution in [2.45, 2.75) is 6.42 Å². The maximum Gasteiger partial charge on any atom is 0.294 e. The second-order valence-electron chi connectivity index (χ2n) is 6.55. The molecule has 28 heavy (non-hydrogen) atoms. The van der Waals surface area contributed by atoms with Crippen LogP contribution in [0.5, 0.6) is 0 Å². The van der Waals surface area contributed by atoms with Crippen molar-refractivity contribution < 1.29 is 9.59 Å². The lowest BCUT2D eigenvalue weighted by Gasteiger charge is -2.08. The topological polar surface area (TPSA) is 68.4 Å². The van der Waals surface area contributed by atoms with Crippen molar-refractivity contribution in [2.75, 3.05) is 6.54 Å². The zero-order valence-corrected chi connectivity index (χ0v) is 15.5. The Balaban J connectivity index is 1.61. The highest BCUT2D eigenvalue weighted by atomic mass is 16.2. The van der Waals surface area contributed by atoms with Crippen LogP contribution in [0.2, 0.25) is 0 Å². The van der Waals surface area contributed by atoms with Crippen LogP contribution in [0, 0.1) is 0 Å². The largest absolute Gasteiger partial charge is 0.349 e. The molecule has 0 saturated carbocycles. The molecule has 1 aromatic carbocycles. The Bertz CT molecular complexity index is 1140. The molecule has 6 heteroatoms. The van der Waals surface area contributed by atoms with Crippen LogP contribution in [0.3, 0.4) is 0 Å². The SMILES string of the molecule is Cn1nccc1CCNC(=O)C(=O)c1c(-c2ccccc2)cc2ccccn12. The number of nitrogens with zero attached hydrogens (tertiary/aromatic N) is 3. The monoisotopic (exact) mass is 372 g/mol. The minimum atomic E-state index is -0.608. The number of Topliss-reactive ketones (excluding diaryl/α,β-unsaturated/α-hetero) is 1. The number of hydrogen-bond acceptors (Lipinski definition) is 3. The maximum absolute atomic E-state index is 13.0. The molecular formula is C22H20N4O2. The van der Waals surface area contributed by atoms with Crippen molar-refractivity contribution >= 4 is 17.2 Å². The van der Waals surface area contributed by atoms with E-state index in [-0.39, 0.29) is 0 Å². The van der Waals surface area contributed by atoms with Gasteiger partial charge in [-0.05, 0) is 29.8 Å². The molecule has 6 nitrogen and oxygen atoms in total. The number of benzene rings is 1. The maximum atomic E-state index is 13.0. The number of nitrogens with one attached hydrogen (secondary N) is 1. The predicted molar refractivity (Wildman–Crippen MR) is 107 cm³/mol. The van der Waals surface area contributed by atoms with Crippen LogP contribution < -0.4 is 5.32 Å². The molecule has 0 aliphatic heterocycles. The van der Waals surface area contributed by atoms with E-state index in [1.165, 1.54) is 0 Å². The average molecular weight is 372 g/mol. The number of ketones is 1. The molecule has 4 aromatic rings. The Morgan fingerprint density at radius 1 is 1.04 bits per heavy atom. The van der Waals surface area contributed by atoms with Crippen molar-refractivity contribution in [1.29, 1.82) is 0 Å². The Kier molecular flexibility index (Phi) is 4.76. The van der Waals surface area contributed by atoms with Gasteiger partial charge in [0.1, 0.15) is 5.69 Å². The lowest BCUT2D eigenvalue weighted by molar-refractivity contribution is -0.117. The minimum Gasteiger partial charge on any atom is -0.349 e. The molecule has 0 atom stereocenters. The summed E-state index contributed by atoms with van der Waals surface area (Å²) in [6.07, 6.45) is 4.12. The van der Waals surface area contributed by atoms with Crippen LogP contribution in [-0.4, -0.2) is 32.4 Å². The summed E-state index contributed by atoms with van der Waals surface area (Å²) in [7, 11) is 1.85. The van der Waals surface area contributed by atoms with Gasteiger partial charge in [0.25, 0.3) is 11.7 Å². The third-order valence-electron chi connectivity index (χ3n) is 4.77. The first-order valence-corrected chi connectivity index (χ1v) is 9.10. The van der Waals surface area contributed by atoms with Gasteiger partial charge >= 0.3 is 0 Å². The first-order valence-electron chi connectivity index (χ1n) is 9.10.